The van der Waals surface area contributed by atoms with Gasteiger partial charge in [0.25, 0.3) is 0 Å². The quantitative estimate of drug-likeness (QED) is 0.182. The average molecular weight is 641 g/mol. The highest BCUT2D eigenvalue weighted by molar-refractivity contribution is 7.25. The minimum absolute atomic E-state index is 1.17. The van der Waals surface area contributed by atoms with Crippen LogP contribution in [-0.4, -0.2) is 9.13 Å². The van der Waals surface area contributed by atoms with Crippen LogP contribution in [0.15, 0.2) is 170 Å². The van der Waals surface area contributed by atoms with Gasteiger partial charge in [-0.3, -0.25) is 0 Å². The maximum Gasteiger partial charge on any atom is 0.0547 e. The number of benzene rings is 8. The van der Waals surface area contributed by atoms with E-state index in [1.165, 1.54) is 97.1 Å². The van der Waals surface area contributed by atoms with Crippen molar-refractivity contribution in [2.75, 3.05) is 0 Å². The summed E-state index contributed by atoms with van der Waals surface area (Å²) in [6, 6.07) is 62.6. The van der Waals surface area contributed by atoms with Gasteiger partial charge in [0.2, 0.25) is 0 Å². The zero-order valence-corrected chi connectivity index (χ0v) is 27.3. The molecule has 0 amide bonds. The van der Waals surface area contributed by atoms with Crippen molar-refractivity contribution in [1.29, 1.82) is 0 Å². The summed E-state index contributed by atoms with van der Waals surface area (Å²) in [6.45, 7) is 0. The maximum atomic E-state index is 2.43. The lowest BCUT2D eigenvalue weighted by Gasteiger charge is -2.10. The molecule has 11 rings (SSSR count). The number of rotatable bonds is 3. The summed E-state index contributed by atoms with van der Waals surface area (Å²) in [4.78, 5) is 0. The highest BCUT2D eigenvalue weighted by Crippen LogP contribution is 2.41. The molecule has 49 heavy (non-hydrogen) atoms. The van der Waals surface area contributed by atoms with Gasteiger partial charge in [-0.05, 0) is 101 Å². The zero-order chi connectivity index (χ0) is 32.1. The number of para-hydroxylation sites is 2. The molecule has 0 aliphatic carbocycles. The van der Waals surface area contributed by atoms with Gasteiger partial charge in [-0.15, -0.1) is 11.3 Å². The van der Waals surface area contributed by atoms with E-state index in [9.17, 15) is 0 Å². The molecule has 0 N–H and O–H groups in total. The van der Waals surface area contributed by atoms with Crippen molar-refractivity contribution < 1.29 is 0 Å². The number of hydrogen-bond acceptors (Lipinski definition) is 1. The van der Waals surface area contributed by atoms with E-state index in [0.29, 0.717) is 0 Å². The fourth-order valence-electron chi connectivity index (χ4n) is 8.02. The second kappa shape index (κ2) is 10.2. The number of fused-ring (bicyclic) bond motifs is 10. The Morgan fingerprint density at radius 2 is 0.878 bits per heavy atom. The third-order valence-corrected chi connectivity index (χ3v) is 11.4. The van der Waals surface area contributed by atoms with Crippen LogP contribution in [0, 0.1) is 0 Å². The Morgan fingerprint density at radius 1 is 0.306 bits per heavy atom. The molecule has 0 fully saturated rings. The van der Waals surface area contributed by atoms with E-state index in [1.54, 1.807) is 0 Å². The van der Waals surface area contributed by atoms with Crippen molar-refractivity contribution in [3.8, 4) is 22.5 Å². The minimum Gasteiger partial charge on any atom is -0.309 e. The number of thiophene rings is 1. The van der Waals surface area contributed by atoms with Crippen molar-refractivity contribution >= 4 is 85.9 Å². The summed E-state index contributed by atoms with van der Waals surface area (Å²) in [5.74, 6) is 0. The number of hydrogen-bond donors (Lipinski definition) is 0. The van der Waals surface area contributed by atoms with Crippen molar-refractivity contribution in [3.05, 3.63) is 170 Å². The molecule has 0 bridgehead atoms. The van der Waals surface area contributed by atoms with Gasteiger partial charge in [0.15, 0.2) is 0 Å². The number of nitrogens with zero attached hydrogens (tertiary/aromatic N) is 2. The molecule has 0 spiro atoms. The fraction of sp³-hybridized carbons (Fsp3) is 0. The Hall–Kier alpha value is -6.16. The average Bonchev–Trinajstić information content (AvgIpc) is 3.80. The topological polar surface area (TPSA) is 9.86 Å². The second-order valence-corrected chi connectivity index (χ2v) is 14.1. The Bertz CT molecular complexity index is 3100. The van der Waals surface area contributed by atoms with Crippen LogP contribution in [0.5, 0.6) is 0 Å². The summed E-state index contributed by atoms with van der Waals surface area (Å²) < 4.78 is 7.50. The third kappa shape index (κ3) is 3.94. The maximum absolute atomic E-state index is 2.43. The van der Waals surface area contributed by atoms with Gasteiger partial charge in [-0.25, -0.2) is 0 Å². The molecule has 0 aliphatic rings. The first kappa shape index (κ1) is 26.9. The summed E-state index contributed by atoms with van der Waals surface area (Å²) in [5.41, 5.74) is 9.69. The highest BCUT2D eigenvalue weighted by Gasteiger charge is 2.17. The highest BCUT2D eigenvalue weighted by atomic mass is 32.1. The lowest BCUT2D eigenvalue weighted by Crippen LogP contribution is -1.93. The second-order valence-electron chi connectivity index (χ2n) is 13.0. The van der Waals surface area contributed by atoms with E-state index >= 15 is 0 Å². The summed E-state index contributed by atoms with van der Waals surface area (Å²) >= 11 is 1.87. The lowest BCUT2D eigenvalue weighted by atomic mass is 10.00. The first-order chi connectivity index (χ1) is 24.3. The van der Waals surface area contributed by atoms with E-state index in [4.69, 9.17) is 0 Å². The van der Waals surface area contributed by atoms with Crippen LogP contribution in [0.25, 0.3) is 97.1 Å². The Morgan fingerprint density at radius 3 is 1.67 bits per heavy atom. The minimum atomic E-state index is 1.17. The molecule has 11 aromatic rings. The SMILES string of the molecule is c1ccc(-n2c3ccc(-c4ccc5c(c4)c4ccccc4n5-c4ccc5sc6ccccc6c5c4)cc3c3cc4ccccc4cc32)cc1. The van der Waals surface area contributed by atoms with Gasteiger partial charge in [0.1, 0.15) is 0 Å². The molecule has 3 heteroatoms. The van der Waals surface area contributed by atoms with Gasteiger partial charge in [-0.1, -0.05) is 91.0 Å². The zero-order valence-electron chi connectivity index (χ0n) is 26.5. The van der Waals surface area contributed by atoms with Gasteiger partial charge in [0, 0.05) is 53.1 Å². The van der Waals surface area contributed by atoms with Crippen LogP contribution >= 0.6 is 11.3 Å². The van der Waals surface area contributed by atoms with Crippen LogP contribution in [0.3, 0.4) is 0 Å². The van der Waals surface area contributed by atoms with Crippen molar-refractivity contribution in [2.45, 2.75) is 0 Å². The molecule has 0 saturated heterocycles. The summed E-state index contributed by atoms with van der Waals surface area (Å²) in [5, 5.41) is 10.2. The monoisotopic (exact) mass is 640 g/mol. The number of aromatic nitrogens is 2. The standard InChI is InChI=1S/C46H28N2S/c1-2-12-33(13-3-1)47-43-22-19-32(26-38(43)39-24-29-10-4-5-11-30(29)27-44(39)47)31-18-21-42-37(25-31)35-14-6-8-16-41(35)48(42)34-20-23-46-40(28-34)36-15-7-9-17-45(36)49-46/h1-28H. The molecule has 228 valence electrons. The summed E-state index contributed by atoms with van der Waals surface area (Å²) in [7, 11) is 0. The molecule has 3 aromatic heterocycles. The van der Waals surface area contributed by atoms with Crippen LogP contribution < -0.4 is 0 Å². The van der Waals surface area contributed by atoms with Gasteiger partial charge in [0.05, 0.1) is 22.1 Å². The molecule has 0 unspecified atom stereocenters. The lowest BCUT2D eigenvalue weighted by molar-refractivity contribution is 1.18. The van der Waals surface area contributed by atoms with Crippen LogP contribution in [0.1, 0.15) is 0 Å². The normalized spacial score (nSPS) is 12.1. The largest absolute Gasteiger partial charge is 0.309 e. The van der Waals surface area contributed by atoms with E-state index < -0.39 is 0 Å². The van der Waals surface area contributed by atoms with Gasteiger partial charge < -0.3 is 9.13 Å². The van der Waals surface area contributed by atoms with E-state index in [-0.39, 0.29) is 0 Å². The molecule has 3 heterocycles. The first-order valence-corrected chi connectivity index (χ1v) is 17.6. The molecule has 2 nitrogen and oxygen atoms in total. The molecule has 8 aromatic carbocycles. The Kier molecular flexibility index (Phi) is 5.57. The van der Waals surface area contributed by atoms with E-state index in [2.05, 4.69) is 179 Å². The third-order valence-electron chi connectivity index (χ3n) is 10.3. The molecular formula is C46H28N2S. The smallest absolute Gasteiger partial charge is 0.0547 e. The molecule has 0 aliphatic heterocycles. The Labute approximate surface area is 286 Å². The van der Waals surface area contributed by atoms with Gasteiger partial charge >= 0.3 is 0 Å². The first-order valence-electron chi connectivity index (χ1n) is 16.8. The predicted molar refractivity (Wildman–Crippen MR) is 211 cm³/mol. The van der Waals surface area contributed by atoms with Crippen molar-refractivity contribution in [3.63, 3.8) is 0 Å². The molecular weight excluding hydrogens is 613 g/mol. The van der Waals surface area contributed by atoms with Crippen molar-refractivity contribution in [2.24, 2.45) is 0 Å². The molecule has 0 atom stereocenters. The van der Waals surface area contributed by atoms with E-state index in [0.717, 1.165) is 0 Å². The Balaban J connectivity index is 1.13. The summed E-state index contributed by atoms with van der Waals surface area (Å²) in [6.07, 6.45) is 0. The van der Waals surface area contributed by atoms with Crippen LogP contribution in [0.4, 0.5) is 0 Å². The van der Waals surface area contributed by atoms with E-state index in [1.807, 2.05) is 11.3 Å². The fourth-order valence-corrected chi connectivity index (χ4v) is 9.11. The van der Waals surface area contributed by atoms with Crippen LogP contribution in [0.2, 0.25) is 0 Å². The predicted octanol–water partition coefficient (Wildman–Crippen LogP) is 13.1. The van der Waals surface area contributed by atoms with Gasteiger partial charge in [-0.2, -0.15) is 0 Å². The molecule has 0 saturated carbocycles. The molecule has 0 radical (unpaired) electrons. The van der Waals surface area contributed by atoms with Crippen molar-refractivity contribution in [1.82, 2.24) is 9.13 Å². The van der Waals surface area contributed by atoms with Crippen LogP contribution in [-0.2, 0) is 0 Å².